The zero-order chi connectivity index (χ0) is 21.7. The summed E-state index contributed by atoms with van der Waals surface area (Å²) in [4.78, 5) is 18.1. The van der Waals surface area contributed by atoms with Crippen LogP contribution in [0.25, 0.3) is 0 Å². The van der Waals surface area contributed by atoms with E-state index in [4.69, 9.17) is 0 Å². The fourth-order valence-corrected chi connectivity index (χ4v) is 7.32. The van der Waals surface area contributed by atoms with Gasteiger partial charge >= 0.3 is 0 Å². The Morgan fingerprint density at radius 3 is 2.39 bits per heavy atom. The Morgan fingerprint density at radius 1 is 0.839 bits per heavy atom. The predicted molar refractivity (Wildman–Crippen MR) is 124 cm³/mol. The fraction of sp³-hybridized carbons (Fsp3) is 0.522. The van der Waals surface area contributed by atoms with Gasteiger partial charge in [-0.25, -0.2) is 8.42 Å². The molecule has 3 heterocycles. The van der Waals surface area contributed by atoms with Gasteiger partial charge in [-0.2, -0.15) is 4.31 Å². The van der Waals surface area contributed by atoms with Crippen LogP contribution in [0.4, 0.5) is 0 Å². The van der Waals surface area contributed by atoms with Crippen LogP contribution < -0.4 is 0 Å². The number of sulfonamides is 1. The zero-order valence-corrected chi connectivity index (χ0v) is 19.5. The number of rotatable bonds is 6. The summed E-state index contributed by atoms with van der Waals surface area (Å²) >= 11 is 1.25. The number of carbonyl (C=O) groups is 1. The molecule has 1 aromatic carbocycles. The third-order valence-electron chi connectivity index (χ3n) is 6.06. The number of hydrogen-bond donors (Lipinski definition) is 0. The first-order valence-corrected chi connectivity index (χ1v) is 13.4. The molecule has 0 radical (unpaired) electrons. The van der Waals surface area contributed by atoms with Crippen molar-refractivity contribution < 1.29 is 13.2 Å². The normalized spacial score (nSPS) is 19.3. The molecule has 0 unspecified atom stereocenters. The van der Waals surface area contributed by atoms with Crippen LogP contribution in [-0.2, 0) is 27.8 Å². The number of carbonyl (C=O) groups excluding carboxylic acids is 1. The van der Waals surface area contributed by atoms with Gasteiger partial charge in [0.1, 0.15) is 4.21 Å². The molecular formula is C23H31N3O3S2. The van der Waals surface area contributed by atoms with Gasteiger partial charge in [0.2, 0.25) is 5.91 Å². The van der Waals surface area contributed by atoms with Crippen molar-refractivity contribution in [2.75, 3.05) is 39.3 Å². The predicted octanol–water partition coefficient (Wildman–Crippen LogP) is 3.20. The second kappa shape index (κ2) is 10.3. The van der Waals surface area contributed by atoms with Crippen LogP contribution in [0.1, 0.15) is 36.1 Å². The number of nitrogens with zero attached hydrogens (tertiary/aromatic N) is 3. The minimum atomic E-state index is -3.42. The summed E-state index contributed by atoms with van der Waals surface area (Å²) in [6.45, 7) is 5.43. The van der Waals surface area contributed by atoms with Crippen LogP contribution in [-0.4, -0.2) is 67.7 Å². The van der Waals surface area contributed by atoms with Gasteiger partial charge in [-0.1, -0.05) is 36.8 Å². The lowest BCUT2D eigenvalue weighted by molar-refractivity contribution is -0.130. The summed E-state index contributed by atoms with van der Waals surface area (Å²) in [5.41, 5.74) is 1.29. The van der Waals surface area contributed by atoms with E-state index < -0.39 is 10.0 Å². The van der Waals surface area contributed by atoms with Crippen LogP contribution in [0, 0.1) is 0 Å². The monoisotopic (exact) mass is 461 g/mol. The standard InChI is InChI=1S/C23H31N3O3S2/c27-22(25-13-7-12-24(16-17-25)19-20-8-3-1-4-9-20)18-21-10-11-23(30-21)31(28,29)26-14-5-2-6-15-26/h1,3-4,8-11H,2,5-7,12-19H2. The Balaban J connectivity index is 1.32. The summed E-state index contributed by atoms with van der Waals surface area (Å²) in [6.07, 6.45) is 4.17. The lowest BCUT2D eigenvalue weighted by Crippen LogP contribution is -2.36. The molecule has 1 aromatic heterocycles. The van der Waals surface area contributed by atoms with Gasteiger partial charge in [0, 0.05) is 50.7 Å². The third-order valence-corrected chi connectivity index (χ3v) is 9.51. The summed E-state index contributed by atoms with van der Waals surface area (Å²) < 4.78 is 27.7. The number of thiophene rings is 1. The highest BCUT2D eigenvalue weighted by atomic mass is 32.2. The molecule has 2 fully saturated rings. The van der Waals surface area contributed by atoms with E-state index in [0.29, 0.717) is 17.3 Å². The fourth-order valence-electron chi connectivity index (χ4n) is 4.31. The highest BCUT2D eigenvalue weighted by molar-refractivity contribution is 7.91. The van der Waals surface area contributed by atoms with Gasteiger partial charge in [0.05, 0.1) is 6.42 Å². The first-order chi connectivity index (χ1) is 15.0. The first-order valence-electron chi connectivity index (χ1n) is 11.2. The molecule has 0 spiro atoms. The van der Waals surface area contributed by atoms with Crippen LogP contribution >= 0.6 is 11.3 Å². The summed E-state index contributed by atoms with van der Waals surface area (Å²) in [6, 6.07) is 13.9. The summed E-state index contributed by atoms with van der Waals surface area (Å²) in [5.74, 6) is 0.0883. The first kappa shape index (κ1) is 22.5. The van der Waals surface area contributed by atoms with Gasteiger partial charge in [-0.05, 0) is 37.0 Å². The minimum Gasteiger partial charge on any atom is -0.341 e. The molecule has 0 atom stereocenters. The van der Waals surface area contributed by atoms with Crippen molar-refractivity contribution in [3.05, 3.63) is 52.9 Å². The van der Waals surface area contributed by atoms with Gasteiger partial charge in [0.25, 0.3) is 10.0 Å². The van der Waals surface area contributed by atoms with Crippen molar-refractivity contribution in [3.63, 3.8) is 0 Å². The second-order valence-electron chi connectivity index (χ2n) is 8.36. The SMILES string of the molecule is O=C(Cc1ccc(S(=O)(=O)N2CCCCC2)s1)N1CCCN(Cc2ccccc2)CC1. The van der Waals surface area contributed by atoms with E-state index in [9.17, 15) is 13.2 Å². The topological polar surface area (TPSA) is 60.9 Å². The van der Waals surface area contributed by atoms with E-state index in [0.717, 1.165) is 63.3 Å². The molecule has 2 saturated heterocycles. The van der Waals surface area contributed by atoms with Gasteiger partial charge in [-0.3, -0.25) is 9.69 Å². The summed E-state index contributed by atoms with van der Waals surface area (Å²) in [7, 11) is -3.42. The van der Waals surface area contributed by atoms with Gasteiger partial charge in [0.15, 0.2) is 0 Å². The lowest BCUT2D eigenvalue weighted by Gasteiger charge is -2.25. The molecule has 0 bridgehead atoms. The molecule has 0 N–H and O–H groups in total. The van der Waals surface area contributed by atoms with Crippen molar-refractivity contribution in [2.45, 2.75) is 42.9 Å². The molecule has 4 rings (SSSR count). The largest absolute Gasteiger partial charge is 0.341 e. The van der Waals surface area contributed by atoms with Crippen molar-refractivity contribution >= 4 is 27.3 Å². The van der Waals surface area contributed by atoms with Crippen LogP contribution in [0.3, 0.4) is 0 Å². The average Bonchev–Trinajstić information content (AvgIpc) is 3.14. The number of piperidine rings is 1. The Morgan fingerprint density at radius 2 is 1.61 bits per heavy atom. The average molecular weight is 462 g/mol. The molecule has 6 nitrogen and oxygen atoms in total. The van der Waals surface area contributed by atoms with E-state index >= 15 is 0 Å². The van der Waals surface area contributed by atoms with E-state index in [1.165, 1.54) is 16.9 Å². The van der Waals surface area contributed by atoms with Crippen molar-refractivity contribution in [1.82, 2.24) is 14.1 Å². The molecule has 31 heavy (non-hydrogen) atoms. The highest BCUT2D eigenvalue weighted by Gasteiger charge is 2.28. The van der Waals surface area contributed by atoms with Gasteiger partial charge < -0.3 is 4.90 Å². The summed E-state index contributed by atoms with van der Waals surface area (Å²) in [5, 5.41) is 0. The smallest absolute Gasteiger partial charge is 0.252 e. The van der Waals surface area contributed by atoms with E-state index in [1.54, 1.807) is 16.4 Å². The molecule has 2 aliphatic heterocycles. The van der Waals surface area contributed by atoms with Crippen LogP contribution in [0.15, 0.2) is 46.7 Å². The van der Waals surface area contributed by atoms with E-state index in [2.05, 4.69) is 29.2 Å². The Bertz CT molecular complexity index is 969. The lowest BCUT2D eigenvalue weighted by atomic mass is 10.2. The number of hydrogen-bond acceptors (Lipinski definition) is 5. The molecule has 0 aliphatic carbocycles. The molecule has 2 aliphatic rings. The Hall–Kier alpha value is -1.74. The van der Waals surface area contributed by atoms with E-state index in [-0.39, 0.29) is 12.3 Å². The Kier molecular flexibility index (Phi) is 7.43. The zero-order valence-electron chi connectivity index (χ0n) is 17.9. The van der Waals surface area contributed by atoms with Crippen LogP contribution in [0.5, 0.6) is 0 Å². The van der Waals surface area contributed by atoms with Crippen LogP contribution in [0.2, 0.25) is 0 Å². The minimum absolute atomic E-state index is 0.0883. The molecule has 168 valence electrons. The van der Waals surface area contributed by atoms with Crippen molar-refractivity contribution in [3.8, 4) is 0 Å². The molecule has 1 amide bonds. The third kappa shape index (κ3) is 5.74. The number of amides is 1. The highest BCUT2D eigenvalue weighted by Crippen LogP contribution is 2.27. The molecule has 0 saturated carbocycles. The molecule has 2 aromatic rings. The number of benzene rings is 1. The quantitative estimate of drug-likeness (QED) is 0.663. The van der Waals surface area contributed by atoms with Crippen molar-refractivity contribution in [1.29, 1.82) is 0 Å². The van der Waals surface area contributed by atoms with Gasteiger partial charge in [-0.15, -0.1) is 11.3 Å². The van der Waals surface area contributed by atoms with E-state index in [1.807, 2.05) is 11.0 Å². The maximum atomic E-state index is 12.9. The van der Waals surface area contributed by atoms with Crippen molar-refractivity contribution in [2.24, 2.45) is 0 Å². The maximum Gasteiger partial charge on any atom is 0.252 e. The molecule has 8 heteroatoms. The maximum absolute atomic E-state index is 12.9. The molecular weight excluding hydrogens is 430 g/mol. The Labute approximate surface area is 189 Å². The second-order valence-corrected chi connectivity index (χ2v) is 11.7.